The first-order valence-electron chi connectivity index (χ1n) is 8.76. The van der Waals surface area contributed by atoms with E-state index in [1.165, 1.54) is 0 Å². The Morgan fingerprint density at radius 2 is 2.04 bits per heavy atom. The van der Waals surface area contributed by atoms with Gasteiger partial charge in [0.1, 0.15) is 9.77 Å². The maximum absolute atomic E-state index is 15.0. The number of nitrogens with zero attached hydrogens (tertiary/aromatic N) is 2. The van der Waals surface area contributed by atoms with Gasteiger partial charge in [0.05, 0.1) is 23.1 Å². The van der Waals surface area contributed by atoms with Crippen molar-refractivity contribution in [3.05, 3.63) is 42.0 Å². The molecule has 0 unspecified atom stereocenters. The highest BCUT2D eigenvalue weighted by Crippen LogP contribution is 2.52. The van der Waals surface area contributed by atoms with E-state index < -0.39 is 16.5 Å². The second-order valence-electron chi connectivity index (χ2n) is 7.97. The lowest BCUT2D eigenvalue weighted by Gasteiger charge is -2.19. The molecule has 0 aliphatic heterocycles. The lowest BCUT2D eigenvalue weighted by Crippen LogP contribution is -2.17. The topological polar surface area (TPSA) is 78.9 Å². The Morgan fingerprint density at radius 1 is 1.30 bits per heavy atom. The first-order chi connectivity index (χ1) is 12.7. The summed E-state index contributed by atoms with van der Waals surface area (Å²) < 4.78 is 14.0. The van der Waals surface area contributed by atoms with E-state index in [4.69, 9.17) is 0 Å². The zero-order chi connectivity index (χ0) is 19.4. The minimum Gasteiger partial charge on any atom is -0.480 e. The monoisotopic (exact) mass is 385 g/mol. The number of H-pyrrole nitrogens is 1. The number of fused-ring (bicyclic) bond motifs is 1. The van der Waals surface area contributed by atoms with Crippen LogP contribution in [0.4, 0.5) is 4.39 Å². The second kappa shape index (κ2) is 6.05. The van der Waals surface area contributed by atoms with Crippen LogP contribution in [0.25, 0.3) is 22.3 Å². The molecular formula is C20H20FN3O2S. The predicted molar refractivity (Wildman–Crippen MR) is 103 cm³/mol. The van der Waals surface area contributed by atoms with Gasteiger partial charge in [-0.15, -0.1) is 0 Å². The molecule has 3 aromatic rings. The Balaban J connectivity index is 1.73. The number of nitrogens with one attached hydrogen (secondary N) is 1. The van der Waals surface area contributed by atoms with Crippen LogP contribution in [-0.2, 0) is 10.2 Å². The molecule has 1 saturated carbocycles. The molecule has 0 atom stereocenters. The quantitative estimate of drug-likeness (QED) is 0.676. The maximum Gasteiger partial charge on any atom is 0.320 e. The van der Waals surface area contributed by atoms with Gasteiger partial charge in [-0.3, -0.25) is 9.78 Å². The fourth-order valence-electron chi connectivity index (χ4n) is 2.96. The summed E-state index contributed by atoms with van der Waals surface area (Å²) in [4.78, 5) is 23.1. The van der Waals surface area contributed by atoms with Crippen molar-refractivity contribution in [2.75, 3.05) is 0 Å². The summed E-state index contributed by atoms with van der Waals surface area (Å²) >= 11 is 1.00. The third-order valence-electron chi connectivity index (χ3n) is 4.87. The molecule has 1 aliphatic rings. The highest BCUT2D eigenvalue weighted by atomic mass is 32.2. The van der Waals surface area contributed by atoms with Crippen LogP contribution in [0.1, 0.15) is 39.2 Å². The van der Waals surface area contributed by atoms with E-state index in [-0.39, 0.29) is 10.4 Å². The molecule has 3 aromatic heterocycles. The average molecular weight is 385 g/mol. The summed E-state index contributed by atoms with van der Waals surface area (Å²) in [5, 5.41) is 9.85. The molecule has 1 fully saturated rings. The van der Waals surface area contributed by atoms with Crippen molar-refractivity contribution in [1.82, 2.24) is 15.0 Å². The Morgan fingerprint density at radius 3 is 2.67 bits per heavy atom. The molecule has 2 N–H and O–H groups in total. The van der Waals surface area contributed by atoms with E-state index >= 15 is 0 Å². The molecule has 0 aromatic carbocycles. The Kier molecular flexibility index (Phi) is 4.03. The molecule has 7 heteroatoms. The van der Waals surface area contributed by atoms with Gasteiger partial charge in [-0.05, 0) is 42.0 Å². The van der Waals surface area contributed by atoms with E-state index in [2.05, 4.69) is 35.7 Å². The number of pyridine rings is 2. The fraction of sp³-hybridized carbons (Fsp3) is 0.350. The molecule has 4 rings (SSSR count). The number of rotatable bonds is 4. The standard InChI is InChI=1S/C20H20FN3O2S/c1-19(2,3)11-4-7-22-13(8-11)14-9-12-15(24-14)10-23-17(16(12)21)27-20(5-6-20)18(25)26/h4,7-10,24H,5-6H2,1-3H3,(H,25,26). The minimum absolute atomic E-state index is 0.0181. The van der Waals surface area contributed by atoms with Gasteiger partial charge < -0.3 is 10.1 Å². The van der Waals surface area contributed by atoms with Gasteiger partial charge in [0.2, 0.25) is 0 Å². The van der Waals surface area contributed by atoms with Gasteiger partial charge in [-0.1, -0.05) is 32.5 Å². The van der Waals surface area contributed by atoms with Crippen molar-refractivity contribution in [2.24, 2.45) is 0 Å². The molecule has 5 nitrogen and oxygen atoms in total. The number of aromatic nitrogens is 3. The first-order valence-corrected chi connectivity index (χ1v) is 9.58. The van der Waals surface area contributed by atoms with Crippen molar-refractivity contribution in [3.8, 4) is 11.4 Å². The van der Waals surface area contributed by atoms with E-state index in [0.717, 1.165) is 23.0 Å². The van der Waals surface area contributed by atoms with Gasteiger partial charge in [-0.25, -0.2) is 9.37 Å². The number of aliphatic carboxylic acids is 1. The van der Waals surface area contributed by atoms with Crippen LogP contribution in [0, 0.1) is 5.82 Å². The van der Waals surface area contributed by atoms with Crippen LogP contribution in [0.3, 0.4) is 0 Å². The lowest BCUT2D eigenvalue weighted by molar-refractivity contribution is -0.137. The lowest BCUT2D eigenvalue weighted by atomic mass is 9.87. The number of halogens is 1. The molecule has 0 radical (unpaired) electrons. The van der Waals surface area contributed by atoms with Crippen molar-refractivity contribution in [1.29, 1.82) is 0 Å². The third kappa shape index (κ3) is 3.20. The number of thioether (sulfide) groups is 1. The molecule has 0 bridgehead atoms. The summed E-state index contributed by atoms with van der Waals surface area (Å²) in [5.41, 5.74) is 3.12. The zero-order valence-corrected chi connectivity index (χ0v) is 16.2. The summed E-state index contributed by atoms with van der Waals surface area (Å²) in [7, 11) is 0. The van der Waals surface area contributed by atoms with Crippen molar-refractivity contribution >= 4 is 28.6 Å². The first kappa shape index (κ1) is 18.0. The predicted octanol–water partition coefficient (Wildman–Crippen LogP) is 4.77. The molecule has 0 amide bonds. The largest absolute Gasteiger partial charge is 0.480 e. The molecule has 3 heterocycles. The van der Waals surface area contributed by atoms with Gasteiger partial charge in [-0.2, -0.15) is 0 Å². The van der Waals surface area contributed by atoms with E-state index in [0.29, 0.717) is 29.4 Å². The average Bonchev–Trinajstić information content (AvgIpc) is 3.27. The SMILES string of the molecule is CC(C)(C)c1ccnc(-c2cc3c(F)c(SC4(C(=O)O)CC4)ncc3[nH]2)c1. The van der Waals surface area contributed by atoms with Crippen LogP contribution in [0.5, 0.6) is 0 Å². The number of carbonyl (C=O) groups is 1. The van der Waals surface area contributed by atoms with E-state index in [1.807, 2.05) is 12.1 Å². The number of aromatic amines is 1. The van der Waals surface area contributed by atoms with Crippen LogP contribution >= 0.6 is 11.8 Å². The maximum atomic E-state index is 15.0. The molecule has 1 aliphatic carbocycles. The van der Waals surface area contributed by atoms with Crippen LogP contribution in [0.15, 0.2) is 35.6 Å². The summed E-state index contributed by atoms with van der Waals surface area (Å²) in [6, 6.07) is 5.69. The molecule has 27 heavy (non-hydrogen) atoms. The summed E-state index contributed by atoms with van der Waals surface area (Å²) in [6.45, 7) is 6.38. The Hall–Kier alpha value is -2.41. The van der Waals surface area contributed by atoms with E-state index in [9.17, 15) is 14.3 Å². The fourth-order valence-corrected chi connectivity index (χ4v) is 4.03. The number of carboxylic acid groups (broad SMARTS) is 1. The van der Waals surface area contributed by atoms with Gasteiger partial charge in [0, 0.05) is 11.6 Å². The van der Waals surface area contributed by atoms with Crippen molar-refractivity contribution in [2.45, 2.75) is 48.8 Å². The summed E-state index contributed by atoms with van der Waals surface area (Å²) in [5.74, 6) is -1.40. The highest BCUT2D eigenvalue weighted by molar-refractivity contribution is 8.01. The van der Waals surface area contributed by atoms with Crippen molar-refractivity contribution in [3.63, 3.8) is 0 Å². The number of hydrogen-bond acceptors (Lipinski definition) is 4. The van der Waals surface area contributed by atoms with Crippen LogP contribution < -0.4 is 0 Å². The normalized spacial score (nSPS) is 15.9. The Labute approximate surface area is 160 Å². The third-order valence-corrected chi connectivity index (χ3v) is 6.32. The van der Waals surface area contributed by atoms with Gasteiger partial charge >= 0.3 is 5.97 Å². The van der Waals surface area contributed by atoms with E-state index in [1.54, 1.807) is 18.5 Å². The number of carboxylic acids is 1. The second-order valence-corrected chi connectivity index (χ2v) is 9.34. The molecule has 0 spiro atoms. The smallest absolute Gasteiger partial charge is 0.320 e. The van der Waals surface area contributed by atoms with Crippen LogP contribution in [-0.4, -0.2) is 30.8 Å². The highest BCUT2D eigenvalue weighted by Gasteiger charge is 2.52. The van der Waals surface area contributed by atoms with Gasteiger partial charge in [0.25, 0.3) is 0 Å². The van der Waals surface area contributed by atoms with Crippen molar-refractivity contribution < 1.29 is 14.3 Å². The molecular weight excluding hydrogens is 365 g/mol. The molecule has 0 saturated heterocycles. The molecule has 140 valence electrons. The van der Waals surface area contributed by atoms with Gasteiger partial charge in [0.15, 0.2) is 5.82 Å². The minimum atomic E-state index is -0.927. The van der Waals surface area contributed by atoms with Crippen LogP contribution in [0.2, 0.25) is 0 Å². The number of hydrogen-bond donors (Lipinski definition) is 2. The zero-order valence-electron chi connectivity index (χ0n) is 15.3. The Bertz CT molecular complexity index is 1050. The summed E-state index contributed by atoms with van der Waals surface area (Å²) in [6.07, 6.45) is 4.37.